The number of rotatable bonds is 5. The number of carboxylic acid groups (broad SMARTS) is 1. The van der Waals surface area contributed by atoms with Crippen LogP contribution in [0.15, 0.2) is 30.3 Å². The fraction of sp³-hybridized carbons (Fsp3) is 0.500. The quantitative estimate of drug-likeness (QED) is 0.771. The molecule has 1 aliphatic rings. The van der Waals surface area contributed by atoms with Crippen LogP contribution in [0.1, 0.15) is 43.7 Å². The highest BCUT2D eigenvalue weighted by molar-refractivity contribution is 5.88. The first-order valence-electron chi connectivity index (χ1n) is 7.38. The molecule has 0 aliphatic heterocycles. The zero-order valence-electron chi connectivity index (χ0n) is 12.0. The molecule has 1 fully saturated rings. The third-order valence-electron chi connectivity index (χ3n) is 4.34. The molecule has 1 atom stereocenters. The Hall–Kier alpha value is -1.88. The van der Waals surface area contributed by atoms with E-state index in [1.54, 1.807) is 24.3 Å². The van der Waals surface area contributed by atoms with E-state index in [4.69, 9.17) is 5.73 Å². The molecule has 21 heavy (non-hydrogen) atoms. The highest BCUT2D eigenvalue weighted by atomic mass is 16.4. The van der Waals surface area contributed by atoms with E-state index in [9.17, 15) is 14.7 Å². The Balaban J connectivity index is 2.16. The average Bonchev–Trinajstić information content (AvgIpc) is 2.53. The molecular formula is C16H22N2O3. The molecule has 114 valence electrons. The summed E-state index contributed by atoms with van der Waals surface area (Å²) in [5.74, 6) is -1.29. The summed E-state index contributed by atoms with van der Waals surface area (Å²) in [7, 11) is 0. The van der Waals surface area contributed by atoms with Crippen LogP contribution in [0.5, 0.6) is 0 Å². The zero-order chi connectivity index (χ0) is 15.3. The van der Waals surface area contributed by atoms with Crippen molar-refractivity contribution in [2.45, 2.75) is 38.1 Å². The van der Waals surface area contributed by atoms with Gasteiger partial charge in [0.1, 0.15) is 0 Å². The van der Waals surface area contributed by atoms with Gasteiger partial charge in [0.05, 0.1) is 5.41 Å². The van der Waals surface area contributed by atoms with Crippen LogP contribution in [0, 0.1) is 5.41 Å². The number of nitrogens with one attached hydrogen (secondary N) is 1. The second-order valence-corrected chi connectivity index (χ2v) is 5.70. The number of hydrogen-bond donors (Lipinski definition) is 3. The maximum atomic E-state index is 12.6. The van der Waals surface area contributed by atoms with Gasteiger partial charge in [0.25, 0.3) is 0 Å². The molecule has 0 aromatic heterocycles. The van der Waals surface area contributed by atoms with Crippen LogP contribution < -0.4 is 11.1 Å². The fourth-order valence-electron chi connectivity index (χ4n) is 2.97. The molecular weight excluding hydrogens is 268 g/mol. The summed E-state index contributed by atoms with van der Waals surface area (Å²) in [6.07, 6.45) is 4.50. The van der Waals surface area contributed by atoms with Crippen molar-refractivity contribution in [3.8, 4) is 0 Å². The average molecular weight is 290 g/mol. The molecule has 1 amide bonds. The predicted octanol–water partition coefficient (Wildman–Crippen LogP) is 1.84. The number of carbonyl (C=O) groups excluding carboxylic acids is 1. The van der Waals surface area contributed by atoms with Gasteiger partial charge in [0.2, 0.25) is 5.91 Å². The highest BCUT2D eigenvalue weighted by Gasteiger charge is 2.40. The van der Waals surface area contributed by atoms with Crippen molar-refractivity contribution >= 4 is 11.9 Å². The first kappa shape index (κ1) is 15.5. The molecule has 1 aliphatic carbocycles. The van der Waals surface area contributed by atoms with Crippen molar-refractivity contribution in [2.75, 3.05) is 6.54 Å². The van der Waals surface area contributed by atoms with Gasteiger partial charge >= 0.3 is 5.97 Å². The topological polar surface area (TPSA) is 92.4 Å². The van der Waals surface area contributed by atoms with Crippen molar-refractivity contribution in [3.63, 3.8) is 0 Å². The van der Waals surface area contributed by atoms with Gasteiger partial charge in [-0.15, -0.1) is 0 Å². The molecule has 1 aromatic carbocycles. The van der Waals surface area contributed by atoms with Crippen molar-refractivity contribution in [1.29, 1.82) is 0 Å². The Kier molecular flexibility index (Phi) is 4.96. The largest absolute Gasteiger partial charge is 0.479 e. The number of carboxylic acids is 1. The Labute approximate surface area is 124 Å². The molecule has 5 heteroatoms. The number of nitrogens with two attached hydrogens (primary N) is 1. The Morgan fingerprint density at radius 2 is 1.81 bits per heavy atom. The minimum atomic E-state index is -1.06. The standard InChI is InChI=1S/C16H22N2O3/c17-11-16(9-5-2-6-10-16)15(21)18-13(14(19)20)12-7-3-1-4-8-12/h1,3-4,7-8,13H,2,5-6,9-11,17H2,(H,18,21)(H,19,20)/t13-/m1/s1. The molecule has 0 heterocycles. The molecule has 0 bridgehead atoms. The van der Waals surface area contributed by atoms with Crippen molar-refractivity contribution in [1.82, 2.24) is 5.32 Å². The third kappa shape index (κ3) is 3.42. The van der Waals surface area contributed by atoms with Crippen LogP contribution in [0.4, 0.5) is 0 Å². The molecule has 4 N–H and O–H groups in total. The van der Waals surface area contributed by atoms with Crippen LogP contribution in [0.3, 0.4) is 0 Å². The monoisotopic (exact) mass is 290 g/mol. The van der Waals surface area contributed by atoms with Crippen LogP contribution in [-0.4, -0.2) is 23.5 Å². The summed E-state index contributed by atoms with van der Waals surface area (Å²) in [5, 5.41) is 12.1. The van der Waals surface area contributed by atoms with Gasteiger partial charge in [-0.2, -0.15) is 0 Å². The van der Waals surface area contributed by atoms with E-state index in [-0.39, 0.29) is 12.5 Å². The molecule has 1 saturated carbocycles. The highest BCUT2D eigenvalue weighted by Crippen LogP contribution is 2.36. The SMILES string of the molecule is NCC1(C(=O)N[C@@H](C(=O)O)c2ccccc2)CCCCC1. The number of amides is 1. The first-order valence-corrected chi connectivity index (χ1v) is 7.38. The van der Waals surface area contributed by atoms with Crippen LogP contribution in [0.2, 0.25) is 0 Å². The second kappa shape index (κ2) is 6.72. The number of benzene rings is 1. The van der Waals surface area contributed by atoms with E-state index in [0.29, 0.717) is 5.56 Å². The number of carbonyl (C=O) groups is 2. The second-order valence-electron chi connectivity index (χ2n) is 5.70. The van der Waals surface area contributed by atoms with Crippen molar-refractivity contribution < 1.29 is 14.7 Å². The van der Waals surface area contributed by atoms with E-state index < -0.39 is 17.4 Å². The molecule has 1 aromatic rings. The summed E-state index contributed by atoms with van der Waals surface area (Å²) < 4.78 is 0. The first-order chi connectivity index (χ1) is 10.1. The maximum Gasteiger partial charge on any atom is 0.330 e. The lowest BCUT2D eigenvalue weighted by atomic mass is 9.73. The summed E-state index contributed by atoms with van der Waals surface area (Å²) in [4.78, 5) is 24.0. The van der Waals surface area contributed by atoms with E-state index >= 15 is 0 Å². The molecule has 0 saturated heterocycles. The third-order valence-corrected chi connectivity index (χ3v) is 4.34. The van der Waals surface area contributed by atoms with Gasteiger partial charge < -0.3 is 16.2 Å². The minimum Gasteiger partial charge on any atom is -0.479 e. The minimum absolute atomic E-state index is 0.235. The fourth-order valence-corrected chi connectivity index (χ4v) is 2.97. The summed E-state index contributed by atoms with van der Waals surface area (Å²) >= 11 is 0. The van der Waals surface area contributed by atoms with Crippen LogP contribution in [-0.2, 0) is 9.59 Å². The lowest BCUT2D eigenvalue weighted by Gasteiger charge is -2.35. The van der Waals surface area contributed by atoms with Gasteiger partial charge in [-0.3, -0.25) is 4.79 Å². The van der Waals surface area contributed by atoms with Crippen LogP contribution >= 0.6 is 0 Å². The smallest absolute Gasteiger partial charge is 0.330 e. The Bertz CT molecular complexity index is 496. The Morgan fingerprint density at radius 3 is 2.33 bits per heavy atom. The lowest BCUT2D eigenvalue weighted by molar-refractivity contribution is -0.144. The van der Waals surface area contributed by atoms with Crippen molar-refractivity contribution in [2.24, 2.45) is 11.1 Å². The lowest BCUT2D eigenvalue weighted by Crippen LogP contribution is -2.49. The van der Waals surface area contributed by atoms with Gasteiger partial charge in [0.15, 0.2) is 6.04 Å². The van der Waals surface area contributed by atoms with E-state index in [0.717, 1.165) is 32.1 Å². The number of aliphatic carboxylic acids is 1. The summed E-state index contributed by atoms with van der Waals surface area (Å²) in [5.41, 5.74) is 5.78. The molecule has 0 unspecified atom stereocenters. The van der Waals surface area contributed by atoms with E-state index in [1.807, 2.05) is 6.07 Å². The van der Waals surface area contributed by atoms with Crippen LogP contribution in [0.25, 0.3) is 0 Å². The van der Waals surface area contributed by atoms with Crippen molar-refractivity contribution in [3.05, 3.63) is 35.9 Å². The zero-order valence-corrected chi connectivity index (χ0v) is 12.0. The summed E-state index contributed by atoms with van der Waals surface area (Å²) in [6, 6.07) is 7.72. The Morgan fingerprint density at radius 1 is 1.19 bits per heavy atom. The van der Waals surface area contributed by atoms with Gasteiger partial charge in [0, 0.05) is 6.54 Å². The molecule has 5 nitrogen and oxygen atoms in total. The molecule has 2 rings (SSSR count). The van der Waals surface area contributed by atoms with E-state index in [2.05, 4.69) is 5.32 Å². The normalized spacial score (nSPS) is 18.7. The maximum absolute atomic E-state index is 12.6. The predicted molar refractivity (Wildman–Crippen MR) is 79.5 cm³/mol. The van der Waals surface area contributed by atoms with Gasteiger partial charge in [-0.1, -0.05) is 49.6 Å². The van der Waals surface area contributed by atoms with E-state index in [1.165, 1.54) is 0 Å². The summed E-state index contributed by atoms with van der Waals surface area (Å²) in [6.45, 7) is 0.264. The number of hydrogen-bond acceptors (Lipinski definition) is 3. The molecule has 0 radical (unpaired) electrons. The molecule has 0 spiro atoms. The van der Waals surface area contributed by atoms with Gasteiger partial charge in [-0.25, -0.2) is 4.79 Å². The van der Waals surface area contributed by atoms with Gasteiger partial charge in [-0.05, 0) is 18.4 Å².